The lowest BCUT2D eigenvalue weighted by Crippen LogP contribution is -2.23. The van der Waals surface area contributed by atoms with Crippen LogP contribution in [0.15, 0.2) is 158 Å². The van der Waals surface area contributed by atoms with Gasteiger partial charge in [0.15, 0.2) is 11.6 Å². The van der Waals surface area contributed by atoms with E-state index in [0.717, 1.165) is 32.9 Å². The Hall–Kier alpha value is -6.65. The monoisotopic (exact) mass is 664 g/mol. The summed E-state index contributed by atoms with van der Waals surface area (Å²) in [6, 6.07) is 56.4. The van der Waals surface area contributed by atoms with Crippen molar-refractivity contribution in [3.63, 3.8) is 0 Å². The van der Waals surface area contributed by atoms with Gasteiger partial charge in [-0.3, -0.25) is 4.57 Å². The molecule has 0 bridgehead atoms. The predicted molar refractivity (Wildman–Crippen MR) is 215 cm³/mol. The van der Waals surface area contributed by atoms with Crippen LogP contribution in [0.5, 0.6) is 0 Å². The number of hydrogen-bond acceptors (Lipinski definition) is 3. The molecule has 0 saturated heterocycles. The van der Waals surface area contributed by atoms with Crippen LogP contribution in [0.25, 0.3) is 94.0 Å². The van der Waals surface area contributed by atoms with Gasteiger partial charge in [-0.2, -0.15) is 9.97 Å². The van der Waals surface area contributed by atoms with Crippen LogP contribution >= 0.6 is 0 Å². The minimum absolute atomic E-state index is 0.161. The number of nitrogens with zero attached hydrogens (tertiary/aromatic N) is 4. The summed E-state index contributed by atoms with van der Waals surface area (Å²) < 4.78 is 2.30. The van der Waals surface area contributed by atoms with Gasteiger partial charge in [-0.05, 0) is 67.2 Å². The topological polar surface area (TPSA) is 43.6 Å². The Kier molecular flexibility index (Phi) is 5.98. The number of aromatic nitrogens is 4. The van der Waals surface area contributed by atoms with Crippen molar-refractivity contribution in [3.05, 3.63) is 169 Å². The van der Waals surface area contributed by atoms with Crippen LogP contribution in [-0.4, -0.2) is 19.5 Å². The molecule has 0 radical (unpaired) electrons. The molecule has 0 spiro atoms. The summed E-state index contributed by atoms with van der Waals surface area (Å²) in [5.74, 6) is 1.89. The number of rotatable bonds is 3. The average Bonchev–Trinajstić information content (AvgIpc) is 3.53. The van der Waals surface area contributed by atoms with Crippen LogP contribution in [0.3, 0.4) is 0 Å². The summed E-state index contributed by atoms with van der Waals surface area (Å²) in [5.41, 5.74) is 9.08. The van der Waals surface area contributed by atoms with Crippen LogP contribution in [0.1, 0.15) is 25.0 Å². The number of para-hydroxylation sites is 1. The molecule has 0 amide bonds. The molecule has 52 heavy (non-hydrogen) atoms. The fourth-order valence-electron chi connectivity index (χ4n) is 8.82. The van der Waals surface area contributed by atoms with Gasteiger partial charge >= 0.3 is 0 Å². The highest BCUT2D eigenvalue weighted by Crippen LogP contribution is 2.52. The summed E-state index contributed by atoms with van der Waals surface area (Å²) in [4.78, 5) is 16.0. The van der Waals surface area contributed by atoms with Gasteiger partial charge in [-0.25, -0.2) is 4.98 Å². The smallest absolute Gasteiger partial charge is 0.238 e. The van der Waals surface area contributed by atoms with Crippen molar-refractivity contribution in [1.29, 1.82) is 0 Å². The molecule has 0 aliphatic heterocycles. The number of benzene rings is 8. The first kappa shape index (κ1) is 29.1. The zero-order valence-electron chi connectivity index (χ0n) is 28.8. The Labute approximate surface area is 300 Å². The Balaban J connectivity index is 1.32. The second kappa shape index (κ2) is 10.7. The first-order chi connectivity index (χ1) is 25.6. The molecule has 8 aromatic carbocycles. The molecule has 0 saturated carbocycles. The van der Waals surface area contributed by atoms with E-state index in [0.29, 0.717) is 17.6 Å². The molecular weight excluding hydrogens is 633 g/mol. The van der Waals surface area contributed by atoms with Gasteiger partial charge in [0.1, 0.15) is 0 Å². The largest absolute Gasteiger partial charge is 0.277 e. The Bertz CT molecular complexity index is 3100. The molecule has 244 valence electrons. The average molecular weight is 665 g/mol. The van der Waals surface area contributed by atoms with E-state index < -0.39 is 0 Å². The molecule has 11 rings (SSSR count). The van der Waals surface area contributed by atoms with Crippen LogP contribution in [0.2, 0.25) is 0 Å². The van der Waals surface area contributed by atoms with Crippen LogP contribution in [0.4, 0.5) is 0 Å². The minimum atomic E-state index is -0.161. The normalized spacial score (nSPS) is 13.3. The standard InChI is InChI=1S/C48H32N4/c1-48(2)39-24-12-10-23-36(39)43-42-31(18-14-25-40(42)48)28-37-35-22-11-13-26-41(35)52(44(37)43)47-50-45(29-15-4-3-5-16-29)49-46(51-47)38-27-30-17-6-7-19-32(30)33-20-8-9-21-34(33)38/h3-28H,1-2H3. The van der Waals surface area contributed by atoms with Gasteiger partial charge < -0.3 is 0 Å². The third kappa shape index (κ3) is 4.00. The highest BCUT2D eigenvalue weighted by molar-refractivity contribution is 6.23. The number of hydrogen-bond donors (Lipinski definition) is 0. The summed E-state index contributed by atoms with van der Waals surface area (Å²) in [5, 5.41) is 9.55. The van der Waals surface area contributed by atoms with Crippen molar-refractivity contribution in [2.45, 2.75) is 19.3 Å². The quantitative estimate of drug-likeness (QED) is 0.177. The van der Waals surface area contributed by atoms with Crippen molar-refractivity contribution >= 4 is 54.1 Å². The maximum Gasteiger partial charge on any atom is 0.238 e. The lowest BCUT2D eigenvalue weighted by molar-refractivity contribution is 0.645. The zero-order valence-corrected chi connectivity index (χ0v) is 28.8. The lowest BCUT2D eigenvalue weighted by Gasteiger charge is -2.35. The van der Waals surface area contributed by atoms with Gasteiger partial charge in [0, 0.05) is 32.9 Å². The van der Waals surface area contributed by atoms with Crippen LogP contribution in [0, 0.1) is 0 Å². The van der Waals surface area contributed by atoms with Crippen molar-refractivity contribution < 1.29 is 0 Å². The minimum Gasteiger partial charge on any atom is -0.277 e. The van der Waals surface area contributed by atoms with Gasteiger partial charge in [0.2, 0.25) is 5.95 Å². The molecule has 0 unspecified atom stereocenters. The molecule has 10 aromatic rings. The molecule has 0 N–H and O–H groups in total. The highest BCUT2D eigenvalue weighted by Gasteiger charge is 2.35. The van der Waals surface area contributed by atoms with E-state index in [1.165, 1.54) is 54.6 Å². The van der Waals surface area contributed by atoms with Crippen LogP contribution < -0.4 is 0 Å². The molecule has 2 aromatic heterocycles. The van der Waals surface area contributed by atoms with Crippen LogP contribution in [-0.2, 0) is 5.41 Å². The third-order valence-corrected chi connectivity index (χ3v) is 11.2. The van der Waals surface area contributed by atoms with Crippen molar-refractivity contribution in [3.8, 4) is 39.9 Å². The second-order valence-corrected chi connectivity index (χ2v) is 14.4. The Morgan fingerprint density at radius 3 is 1.98 bits per heavy atom. The zero-order chi connectivity index (χ0) is 34.6. The lowest BCUT2D eigenvalue weighted by atomic mass is 9.68. The van der Waals surface area contributed by atoms with Gasteiger partial charge in [-0.1, -0.05) is 153 Å². The van der Waals surface area contributed by atoms with E-state index in [1.54, 1.807) is 0 Å². The first-order valence-corrected chi connectivity index (χ1v) is 17.9. The highest BCUT2D eigenvalue weighted by atomic mass is 15.2. The van der Waals surface area contributed by atoms with Gasteiger partial charge in [0.25, 0.3) is 0 Å². The summed E-state index contributed by atoms with van der Waals surface area (Å²) in [6.45, 7) is 4.70. The van der Waals surface area contributed by atoms with E-state index in [-0.39, 0.29) is 5.41 Å². The molecular formula is C48H32N4. The maximum absolute atomic E-state index is 5.45. The molecule has 2 heterocycles. The fraction of sp³-hybridized carbons (Fsp3) is 0.0625. The van der Waals surface area contributed by atoms with Crippen molar-refractivity contribution in [2.24, 2.45) is 0 Å². The predicted octanol–water partition coefficient (Wildman–Crippen LogP) is 12.1. The SMILES string of the molecule is CC1(C)c2ccccc2-c2c3c1cccc3cc1c3ccccc3n(-c3nc(-c4ccccc4)nc(-c4cc5ccccc5c5ccccc45)n3)c21. The second-order valence-electron chi connectivity index (χ2n) is 14.4. The van der Waals surface area contributed by atoms with E-state index in [2.05, 4.69) is 158 Å². The maximum atomic E-state index is 5.45. The van der Waals surface area contributed by atoms with E-state index in [4.69, 9.17) is 15.0 Å². The van der Waals surface area contributed by atoms with Crippen molar-refractivity contribution in [1.82, 2.24) is 19.5 Å². The summed E-state index contributed by atoms with van der Waals surface area (Å²) in [6.07, 6.45) is 0. The Morgan fingerprint density at radius 2 is 1.12 bits per heavy atom. The van der Waals surface area contributed by atoms with Gasteiger partial charge in [0.05, 0.1) is 11.0 Å². The van der Waals surface area contributed by atoms with E-state index in [1.807, 2.05) is 18.2 Å². The molecule has 1 aliphatic carbocycles. The van der Waals surface area contributed by atoms with Gasteiger partial charge in [-0.15, -0.1) is 0 Å². The number of fused-ring (bicyclic) bond motifs is 9. The molecule has 0 atom stereocenters. The molecule has 4 heteroatoms. The first-order valence-electron chi connectivity index (χ1n) is 17.9. The molecule has 4 nitrogen and oxygen atoms in total. The summed E-state index contributed by atoms with van der Waals surface area (Å²) in [7, 11) is 0. The summed E-state index contributed by atoms with van der Waals surface area (Å²) >= 11 is 0. The molecule has 1 aliphatic rings. The van der Waals surface area contributed by atoms with E-state index in [9.17, 15) is 0 Å². The fourth-order valence-corrected chi connectivity index (χ4v) is 8.82. The molecule has 0 fully saturated rings. The van der Waals surface area contributed by atoms with Crippen molar-refractivity contribution in [2.75, 3.05) is 0 Å². The Morgan fingerprint density at radius 1 is 0.462 bits per heavy atom. The third-order valence-electron chi connectivity index (χ3n) is 11.2. The van der Waals surface area contributed by atoms with E-state index >= 15 is 0 Å².